The molecule has 2 aliphatic rings. The van der Waals surface area contributed by atoms with Gasteiger partial charge in [0, 0.05) is 6.20 Å². The number of fused-ring (bicyclic) bond motifs is 1. The molecule has 3 N–H and O–H groups in total. The maximum absolute atomic E-state index is 12.3. The van der Waals surface area contributed by atoms with Crippen LogP contribution in [0.5, 0.6) is 0 Å². The monoisotopic (exact) mass is 370 g/mol. The first-order valence-electron chi connectivity index (χ1n) is 8.92. The fraction of sp³-hybridized carbons (Fsp3) is 0.765. The second-order valence-corrected chi connectivity index (χ2v) is 7.22. The van der Waals surface area contributed by atoms with Gasteiger partial charge in [-0.1, -0.05) is 19.8 Å². The zero-order valence-corrected chi connectivity index (χ0v) is 15.2. The van der Waals surface area contributed by atoms with E-state index in [1.807, 2.05) is 6.92 Å². The van der Waals surface area contributed by atoms with Crippen LogP contribution in [0.4, 0.5) is 0 Å². The van der Waals surface area contributed by atoms with Crippen LogP contribution in [0.1, 0.15) is 57.9 Å². The minimum atomic E-state index is -0.978. The van der Waals surface area contributed by atoms with Crippen molar-refractivity contribution >= 4 is 0 Å². The molecular weight excluding hydrogens is 344 g/mol. The maximum atomic E-state index is 12.3. The fourth-order valence-electron chi connectivity index (χ4n) is 3.51. The minimum absolute atomic E-state index is 0.101. The molecule has 0 spiro atoms. The summed E-state index contributed by atoms with van der Waals surface area (Å²) in [5.74, 6) is -0.875. The molecule has 1 unspecified atom stereocenters. The van der Waals surface area contributed by atoms with Crippen molar-refractivity contribution < 1.29 is 24.4 Å². The lowest BCUT2D eigenvalue weighted by molar-refractivity contribution is -0.200. The Kier molecular flexibility index (Phi) is 5.36. The third-order valence-corrected chi connectivity index (χ3v) is 4.76. The van der Waals surface area contributed by atoms with Crippen molar-refractivity contribution in [3.8, 4) is 0 Å². The zero-order chi connectivity index (χ0) is 19.1. The molecule has 3 heterocycles. The second kappa shape index (κ2) is 7.24. The average molecular weight is 370 g/mol. The predicted molar refractivity (Wildman–Crippen MR) is 90.6 cm³/mol. The van der Waals surface area contributed by atoms with Gasteiger partial charge in [0.05, 0.1) is 18.3 Å². The number of ether oxygens (including phenoxy) is 3. The predicted octanol–water partition coefficient (Wildman–Crippen LogP) is 0.170. The van der Waals surface area contributed by atoms with E-state index in [1.165, 1.54) is 10.8 Å². The molecule has 26 heavy (non-hydrogen) atoms. The first-order chi connectivity index (χ1) is 12.3. The van der Waals surface area contributed by atoms with Crippen LogP contribution in [0.2, 0.25) is 0 Å². The molecule has 1 aromatic heterocycles. The highest BCUT2D eigenvalue weighted by atomic mass is 16.8. The van der Waals surface area contributed by atoms with Crippen molar-refractivity contribution in [3.63, 3.8) is 0 Å². The van der Waals surface area contributed by atoms with E-state index in [0.29, 0.717) is 6.42 Å². The summed E-state index contributed by atoms with van der Waals surface area (Å²) < 4.78 is 18.6. The normalized spacial score (nSPS) is 31.1. The summed E-state index contributed by atoms with van der Waals surface area (Å²) >= 11 is 0. The van der Waals surface area contributed by atoms with Crippen LogP contribution in [0.15, 0.2) is 15.8 Å². The van der Waals surface area contributed by atoms with Gasteiger partial charge in [0.25, 0.3) is 5.56 Å². The summed E-state index contributed by atoms with van der Waals surface area (Å²) in [6.07, 6.45) is -0.296. The average Bonchev–Trinajstić information content (AvgIpc) is 3.05. The lowest BCUT2D eigenvalue weighted by Crippen LogP contribution is -2.39. The van der Waals surface area contributed by atoms with Crippen LogP contribution in [0, 0.1) is 0 Å². The van der Waals surface area contributed by atoms with Crippen LogP contribution < -0.4 is 11.2 Å². The molecule has 2 saturated heterocycles. The number of rotatable bonds is 6. The fourth-order valence-corrected chi connectivity index (χ4v) is 3.51. The van der Waals surface area contributed by atoms with Crippen molar-refractivity contribution in [1.29, 1.82) is 0 Å². The number of unbranched alkanes of at least 4 members (excludes halogenated alkanes) is 1. The van der Waals surface area contributed by atoms with Gasteiger partial charge in [-0.3, -0.25) is 14.3 Å². The van der Waals surface area contributed by atoms with Crippen LogP contribution in [0.25, 0.3) is 0 Å². The SMILES string of the molecule is CCCCC(O)c1cn([C@@H]2O[C@H](CO)[C@H]3OC(C)(C)O[C@H]32)c(=O)[nH]c1=O. The number of aromatic nitrogens is 2. The van der Waals surface area contributed by atoms with Crippen molar-refractivity contribution in [2.75, 3.05) is 6.61 Å². The minimum Gasteiger partial charge on any atom is -0.394 e. The van der Waals surface area contributed by atoms with E-state index >= 15 is 0 Å². The Morgan fingerprint density at radius 1 is 1.31 bits per heavy atom. The first kappa shape index (κ1) is 19.2. The van der Waals surface area contributed by atoms with Gasteiger partial charge < -0.3 is 24.4 Å². The maximum Gasteiger partial charge on any atom is 0.330 e. The van der Waals surface area contributed by atoms with E-state index in [-0.39, 0.29) is 12.2 Å². The molecule has 0 radical (unpaired) electrons. The van der Waals surface area contributed by atoms with E-state index in [4.69, 9.17) is 14.2 Å². The van der Waals surface area contributed by atoms with Crippen molar-refractivity contribution in [1.82, 2.24) is 9.55 Å². The molecule has 2 aliphatic heterocycles. The lowest BCUT2D eigenvalue weighted by Gasteiger charge is -2.24. The number of aromatic amines is 1. The molecule has 0 saturated carbocycles. The molecule has 0 bridgehead atoms. The molecule has 9 heteroatoms. The summed E-state index contributed by atoms with van der Waals surface area (Å²) in [6.45, 7) is 5.18. The summed E-state index contributed by atoms with van der Waals surface area (Å²) in [6, 6.07) is 0. The van der Waals surface area contributed by atoms with Gasteiger partial charge in [-0.15, -0.1) is 0 Å². The summed E-state index contributed by atoms with van der Waals surface area (Å²) in [7, 11) is 0. The quantitative estimate of drug-likeness (QED) is 0.652. The lowest BCUT2D eigenvalue weighted by atomic mass is 10.1. The van der Waals surface area contributed by atoms with Gasteiger partial charge in [0.15, 0.2) is 12.0 Å². The molecule has 0 amide bonds. The first-order valence-corrected chi connectivity index (χ1v) is 8.92. The summed E-state index contributed by atoms with van der Waals surface area (Å²) in [5, 5.41) is 19.8. The van der Waals surface area contributed by atoms with E-state index in [2.05, 4.69) is 4.98 Å². The Morgan fingerprint density at radius 2 is 2.00 bits per heavy atom. The molecule has 3 rings (SSSR count). The highest BCUT2D eigenvalue weighted by Crippen LogP contribution is 2.42. The number of aliphatic hydroxyl groups is 2. The Balaban J connectivity index is 1.96. The van der Waals surface area contributed by atoms with Crippen LogP contribution >= 0.6 is 0 Å². The number of nitrogens with one attached hydrogen (secondary N) is 1. The molecule has 9 nitrogen and oxygen atoms in total. The number of nitrogens with zero attached hydrogens (tertiary/aromatic N) is 1. The van der Waals surface area contributed by atoms with Crippen molar-refractivity contribution in [3.05, 3.63) is 32.6 Å². The van der Waals surface area contributed by atoms with Gasteiger partial charge in [0.1, 0.15) is 18.3 Å². The van der Waals surface area contributed by atoms with Gasteiger partial charge in [0.2, 0.25) is 0 Å². The molecular formula is C17H26N2O7. The summed E-state index contributed by atoms with van der Waals surface area (Å²) in [4.78, 5) is 26.7. The van der Waals surface area contributed by atoms with E-state index in [1.54, 1.807) is 13.8 Å². The molecule has 0 aromatic carbocycles. The highest BCUT2D eigenvalue weighted by molar-refractivity contribution is 5.10. The van der Waals surface area contributed by atoms with Crippen molar-refractivity contribution in [2.24, 2.45) is 0 Å². The second-order valence-electron chi connectivity index (χ2n) is 7.22. The Bertz CT molecular complexity index is 756. The third kappa shape index (κ3) is 3.49. The van der Waals surface area contributed by atoms with Gasteiger partial charge >= 0.3 is 5.69 Å². The smallest absolute Gasteiger partial charge is 0.330 e. The molecule has 1 aromatic rings. The van der Waals surface area contributed by atoms with Gasteiger partial charge in [-0.2, -0.15) is 0 Å². The highest BCUT2D eigenvalue weighted by Gasteiger charge is 2.55. The number of hydrogen-bond donors (Lipinski definition) is 3. The van der Waals surface area contributed by atoms with Crippen LogP contribution in [-0.4, -0.2) is 50.5 Å². The van der Waals surface area contributed by atoms with Crippen LogP contribution in [-0.2, 0) is 14.2 Å². The Labute approximate surface area is 150 Å². The zero-order valence-electron chi connectivity index (χ0n) is 15.2. The third-order valence-electron chi connectivity index (χ3n) is 4.76. The van der Waals surface area contributed by atoms with Crippen molar-refractivity contribution in [2.45, 2.75) is 76.5 Å². The number of H-pyrrole nitrogens is 1. The van der Waals surface area contributed by atoms with E-state index < -0.39 is 47.7 Å². The van der Waals surface area contributed by atoms with Crippen LogP contribution in [0.3, 0.4) is 0 Å². The number of aliphatic hydroxyl groups excluding tert-OH is 2. The largest absolute Gasteiger partial charge is 0.394 e. The molecule has 146 valence electrons. The molecule has 2 fully saturated rings. The number of hydrogen-bond acceptors (Lipinski definition) is 7. The summed E-state index contributed by atoms with van der Waals surface area (Å²) in [5.41, 5.74) is -1.19. The van der Waals surface area contributed by atoms with E-state index in [9.17, 15) is 19.8 Å². The molecule has 5 atom stereocenters. The molecule has 0 aliphatic carbocycles. The standard InChI is InChI=1S/C17H26N2O7/c1-4-5-6-10(21)9-7-19(16(23)18-14(9)22)15-13-12(11(8-20)24-15)25-17(2,3)26-13/h7,10-13,15,20-21H,4-6,8H2,1-3H3,(H,18,22,23)/t10?,11-,12-,13-,15-/m1/s1. The Morgan fingerprint density at radius 3 is 2.65 bits per heavy atom. The Hall–Kier alpha value is -1.52. The van der Waals surface area contributed by atoms with E-state index in [0.717, 1.165) is 12.8 Å². The van der Waals surface area contributed by atoms with Gasteiger partial charge in [-0.05, 0) is 20.3 Å². The topological polar surface area (TPSA) is 123 Å². The van der Waals surface area contributed by atoms with Gasteiger partial charge in [-0.25, -0.2) is 4.79 Å².